The highest BCUT2D eigenvalue weighted by Gasteiger charge is 2.15. The summed E-state index contributed by atoms with van der Waals surface area (Å²) < 4.78 is 4.22. The first-order valence-electron chi connectivity index (χ1n) is 3.89. The van der Waals surface area contributed by atoms with E-state index in [4.69, 9.17) is 0 Å². The zero-order chi connectivity index (χ0) is 10.6. The summed E-state index contributed by atoms with van der Waals surface area (Å²) in [7, 11) is 1.14. The van der Waals surface area contributed by atoms with Gasteiger partial charge in [-0.3, -0.25) is 10.1 Å². The number of esters is 1. The molecule has 0 aliphatic carbocycles. The van der Waals surface area contributed by atoms with Gasteiger partial charge in [0, 0.05) is 0 Å². The van der Waals surface area contributed by atoms with E-state index in [1.807, 2.05) is 6.92 Å². The molecule has 0 unspecified atom stereocenters. The van der Waals surface area contributed by atoms with Crippen LogP contribution in [0.25, 0.3) is 0 Å². The minimum Gasteiger partial charge on any atom is -0.462 e. The summed E-state index contributed by atoms with van der Waals surface area (Å²) in [6, 6.07) is 0. The number of aromatic nitrogens is 2. The van der Waals surface area contributed by atoms with E-state index in [0.29, 0.717) is 5.13 Å². The number of ether oxygens (including phenoxy) is 1. The Bertz CT molecular complexity index is 350. The fourth-order valence-electron chi connectivity index (χ4n) is 0.688. The zero-order valence-corrected chi connectivity index (χ0v) is 8.55. The van der Waals surface area contributed by atoms with Crippen molar-refractivity contribution >= 4 is 28.3 Å². The number of carbonyl (C=O) groups excluding carboxylic acids is 2. The topological polar surface area (TPSA) is 81.2 Å². The molecule has 1 amide bonds. The molecular formula is C7H9N3O3S. The Kier molecular flexibility index (Phi) is 3.52. The Labute approximate surface area is 84.3 Å². The van der Waals surface area contributed by atoms with Crippen LogP contribution in [0.1, 0.15) is 11.9 Å². The van der Waals surface area contributed by atoms with Gasteiger partial charge in [-0.25, -0.2) is 4.79 Å². The first kappa shape index (κ1) is 10.6. The van der Waals surface area contributed by atoms with E-state index in [0.717, 1.165) is 18.5 Å². The van der Waals surface area contributed by atoms with Crippen molar-refractivity contribution in [3.05, 3.63) is 5.01 Å². The Balaban J connectivity index is 2.60. The fourth-order valence-corrected chi connectivity index (χ4v) is 1.36. The molecule has 0 aromatic carbocycles. The van der Waals surface area contributed by atoms with Crippen molar-refractivity contribution in [1.29, 1.82) is 0 Å². The quantitative estimate of drug-likeness (QED) is 0.563. The van der Waals surface area contributed by atoms with Gasteiger partial charge >= 0.3 is 11.9 Å². The van der Waals surface area contributed by atoms with Crippen LogP contribution < -0.4 is 5.32 Å². The van der Waals surface area contributed by atoms with Crippen LogP contribution in [0.5, 0.6) is 0 Å². The molecule has 1 aromatic rings. The van der Waals surface area contributed by atoms with Crippen LogP contribution in [0.3, 0.4) is 0 Å². The van der Waals surface area contributed by atoms with Crippen LogP contribution in [0.15, 0.2) is 0 Å². The van der Waals surface area contributed by atoms with Crippen LogP contribution in [-0.2, 0) is 20.7 Å². The molecule has 1 heterocycles. The highest BCUT2D eigenvalue weighted by molar-refractivity contribution is 7.15. The van der Waals surface area contributed by atoms with Crippen molar-refractivity contribution < 1.29 is 14.3 Å². The first-order valence-corrected chi connectivity index (χ1v) is 4.70. The Morgan fingerprint density at radius 2 is 2.21 bits per heavy atom. The number of aryl methyl sites for hydroxylation is 1. The molecule has 0 saturated carbocycles. The summed E-state index contributed by atoms with van der Waals surface area (Å²) in [5.74, 6) is -1.79. The fraction of sp³-hybridized carbons (Fsp3) is 0.429. The highest BCUT2D eigenvalue weighted by atomic mass is 32.1. The van der Waals surface area contributed by atoms with E-state index in [1.165, 1.54) is 11.3 Å². The maximum atomic E-state index is 11.0. The SMILES string of the molecule is CCc1nnc(NC(=O)C(=O)OC)s1. The molecule has 0 spiro atoms. The van der Waals surface area contributed by atoms with Gasteiger partial charge in [0.2, 0.25) is 5.13 Å². The van der Waals surface area contributed by atoms with Crippen molar-refractivity contribution in [2.45, 2.75) is 13.3 Å². The average molecular weight is 215 g/mol. The van der Waals surface area contributed by atoms with E-state index in [1.54, 1.807) is 0 Å². The van der Waals surface area contributed by atoms with E-state index in [9.17, 15) is 9.59 Å². The zero-order valence-electron chi connectivity index (χ0n) is 7.73. The molecule has 0 bridgehead atoms. The third kappa shape index (κ3) is 2.49. The number of amides is 1. The molecule has 0 fully saturated rings. The van der Waals surface area contributed by atoms with Crippen molar-refractivity contribution in [2.24, 2.45) is 0 Å². The maximum Gasteiger partial charge on any atom is 0.396 e. The van der Waals surface area contributed by atoms with Gasteiger partial charge in [0.05, 0.1) is 7.11 Å². The predicted octanol–water partition coefficient (Wildman–Crippen LogP) is 0.212. The molecule has 6 nitrogen and oxygen atoms in total. The van der Waals surface area contributed by atoms with Crippen molar-refractivity contribution in [3.63, 3.8) is 0 Å². The van der Waals surface area contributed by atoms with Crippen LogP contribution in [-0.4, -0.2) is 29.2 Å². The highest BCUT2D eigenvalue weighted by Crippen LogP contribution is 2.14. The third-order valence-electron chi connectivity index (χ3n) is 1.36. The number of nitrogens with one attached hydrogen (secondary N) is 1. The van der Waals surface area contributed by atoms with Crippen molar-refractivity contribution in [1.82, 2.24) is 10.2 Å². The van der Waals surface area contributed by atoms with E-state index in [2.05, 4.69) is 20.3 Å². The molecule has 1 aromatic heterocycles. The van der Waals surface area contributed by atoms with Crippen LogP contribution >= 0.6 is 11.3 Å². The smallest absolute Gasteiger partial charge is 0.396 e. The number of anilines is 1. The lowest BCUT2D eigenvalue weighted by Crippen LogP contribution is -2.23. The minimum absolute atomic E-state index is 0.303. The molecule has 0 aliphatic rings. The molecule has 14 heavy (non-hydrogen) atoms. The van der Waals surface area contributed by atoms with Gasteiger partial charge in [0.1, 0.15) is 5.01 Å². The lowest BCUT2D eigenvalue weighted by atomic mass is 10.5. The number of rotatable bonds is 2. The molecule has 0 saturated heterocycles. The van der Waals surface area contributed by atoms with Gasteiger partial charge in [0.15, 0.2) is 0 Å². The van der Waals surface area contributed by atoms with Crippen LogP contribution in [0.2, 0.25) is 0 Å². The lowest BCUT2D eigenvalue weighted by Gasteiger charge is -1.96. The number of nitrogens with zero attached hydrogens (tertiary/aromatic N) is 2. The van der Waals surface area contributed by atoms with Crippen LogP contribution in [0, 0.1) is 0 Å². The lowest BCUT2D eigenvalue weighted by molar-refractivity contribution is -0.150. The van der Waals surface area contributed by atoms with Gasteiger partial charge in [-0.2, -0.15) is 0 Å². The molecule has 0 atom stereocenters. The first-order chi connectivity index (χ1) is 6.67. The summed E-state index contributed by atoms with van der Waals surface area (Å²) in [5.41, 5.74) is 0. The number of hydrogen-bond acceptors (Lipinski definition) is 6. The van der Waals surface area contributed by atoms with Gasteiger partial charge < -0.3 is 4.74 Å². The Hall–Kier alpha value is -1.50. The standard InChI is InChI=1S/C7H9N3O3S/c1-3-4-9-10-7(14-4)8-5(11)6(12)13-2/h3H2,1-2H3,(H,8,10,11). The summed E-state index contributed by atoms with van der Waals surface area (Å²) in [6.45, 7) is 1.92. The number of methoxy groups -OCH3 is 1. The summed E-state index contributed by atoms with van der Waals surface area (Å²) in [6.07, 6.45) is 0.742. The normalized spacial score (nSPS) is 9.57. The summed E-state index contributed by atoms with van der Waals surface area (Å²) in [5, 5.41) is 10.8. The second-order valence-corrected chi connectivity index (χ2v) is 3.36. The van der Waals surface area contributed by atoms with E-state index in [-0.39, 0.29) is 0 Å². The van der Waals surface area contributed by atoms with E-state index >= 15 is 0 Å². The second-order valence-electron chi connectivity index (χ2n) is 2.30. The average Bonchev–Trinajstić information content (AvgIpc) is 2.64. The van der Waals surface area contributed by atoms with Gasteiger partial charge in [0.25, 0.3) is 0 Å². The summed E-state index contributed by atoms with van der Waals surface area (Å²) in [4.78, 5) is 21.7. The second kappa shape index (κ2) is 4.66. The third-order valence-corrected chi connectivity index (χ3v) is 2.34. The van der Waals surface area contributed by atoms with Crippen LogP contribution in [0.4, 0.5) is 5.13 Å². The van der Waals surface area contributed by atoms with Gasteiger partial charge in [-0.05, 0) is 6.42 Å². The number of hydrogen-bond donors (Lipinski definition) is 1. The molecule has 0 aliphatic heterocycles. The summed E-state index contributed by atoms with van der Waals surface area (Å²) >= 11 is 1.23. The largest absolute Gasteiger partial charge is 0.462 e. The van der Waals surface area contributed by atoms with Gasteiger partial charge in [-0.15, -0.1) is 10.2 Å². The molecule has 0 radical (unpaired) electrons. The van der Waals surface area contributed by atoms with Crippen molar-refractivity contribution in [3.8, 4) is 0 Å². The minimum atomic E-state index is -0.946. The Morgan fingerprint density at radius 1 is 1.50 bits per heavy atom. The molecular weight excluding hydrogens is 206 g/mol. The molecule has 76 valence electrons. The number of carbonyl (C=O) groups is 2. The predicted molar refractivity (Wildman–Crippen MR) is 49.9 cm³/mol. The maximum absolute atomic E-state index is 11.0. The van der Waals surface area contributed by atoms with Gasteiger partial charge in [-0.1, -0.05) is 18.3 Å². The van der Waals surface area contributed by atoms with Crippen molar-refractivity contribution in [2.75, 3.05) is 12.4 Å². The molecule has 1 N–H and O–H groups in total. The molecule has 1 rings (SSSR count). The monoisotopic (exact) mass is 215 g/mol. The van der Waals surface area contributed by atoms with E-state index < -0.39 is 11.9 Å². The molecule has 7 heteroatoms. The Morgan fingerprint density at radius 3 is 2.71 bits per heavy atom.